The van der Waals surface area contributed by atoms with Gasteiger partial charge in [0.15, 0.2) is 0 Å². The Hall–Kier alpha value is -3.46. The van der Waals surface area contributed by atoms with Crippen molar-refractivity contribution >= 4 is 5.78 Å². The summed E-state index contributed by atoms with van der Waals surface area (Å²) in [5.74, 6) is 1.28. The molecule has 4 aromatic rings. The second kappa shape index (κ2) is 9.84. The third-order valence-corrected chi connectivity index (χ3v) is 5.23. The van der Waals surface area contributed by atoms with E-state index in [1.807, 2.05) is 66.7 Å². The molecule has 0 saturated carbocycles. The summed E-state index contributed by atoms with van der Waals surface area (Å²) >= 11 is 0. The van der Waals surface area contributed by atoms with Crippen molar-refractivity contribution in [2.75, 3.05) is 0 Å². The van der Waals surface area contributed by atoms with Crippen molar-refractivity contribution in [3.8, 4) is 22.5 Å². The zero-order valence-corrected chi connectivity index (χ0v) is 17.1. The standard InChI is InChI=1S/C27H26N2O/c30-24(20-21-12-4-1-5-13-21)18-10-11-19-25-28-26(22-14-6-2-7-15-22)27(29-25)23-16-8-3-9-17-23/h1-9,12-17H,10-11,18-20H2,(H,28,29). The molecule has 150 valence electrons. The summed E-state index contributed by atoms with van der Waals surface area (Å²) in [6.45, 7) is 0. The van der Waals surface area contributed by atoms with Gasteiger partial charge in [0.2, 0.25) is 0 Å². The number of aryl methyl sites for hydroxylation is 1. The van der Waals surface area contributed by atoms with E-state index in [0.29, 0.717) is 18.6 Å². The molecule has 0 unspecified atom stereocenters. The lowest BCUT2D eigenvalue weighted by Crippen LogP contribution is -2.02. The number of aromatic nitrogens is 2. The Balaban J connectivity index is 1.40. The highest BCUT2D eigenvalue weighted by molar-refractivity contribution is 5.81. The molecule has 4 rings (SSSR count). The average molecular weight is 395 g/mol. The molecule has 0 atom stereocenters. The predicted molar refractivity (Wildman–Crippen MR) is 122 cm³/mol. The second-order valence-electron chi connectivity index (χ2n) is 7.55. The zero-order valence-electron chi connectivity index (χ0n) is 17.1. The van der Waals surface area contributed by atoms with Crippen molar-refractivity contribution in [3.63, 3.8) is 0 Å². The number of hydrogen-bond donors (Lipinski definition) is 1. The summed E-state index contributed by atoms with van der Waals surface area (Å²) in [6.07, 6.45) is 3.81. The molecule has 3 aromatic carbocycles. The van der Waals surface area contributed by atoms with E-state index in [-0.39, 0.29) is 0 Å². The molecule has 1 heterocycles. The smallest absolute Gasteiger partial charge is 0.137 e. The Kier molecular flexibility index (Phi) is 6.51. The van der Waals surface area contributed by atoms with Crippen LogP contribution in [0.25, 0.3) is 22.5 Å². The van der Waals surface area contributed by atoms with Crippen molar-refractivity contribution in [2.45, 2.75) is 32.1 Å². The van der Waals surface area contributed by atoms with Crippen LogP contribution >= 0.6 is 0 Å². The van der Waals surface area contributed by atoms with Crippen LogP contribution in [0.2, 0.25) is 0 Å². The van der Waals surface area contributed by atoms with Gasteiger partial charge < -0.3 is 4.98 Å². The van der Waals surface area contributed by atoms with Crippen LogP contribution in [0.15, 0.2) is 91.0 Å². The van der Waals surface area contributed by atoms with E-state index in [1.165, 1.54) is 0 Å². The number of Topliss-reactive ketones (excluding diaryl/α,β-unsaturated/α-hetero) is 1. The average Bonchev–Trinajstić information content (AvgIpc) is 3.23. The van der Waals surface area contributed by atoms with Gasteiger partial charge in [0.05, 0.1) is 11.4 Å². The molecule has 0 saturated heterocycles. The van der Waals surface area contributed by atoms with Gasteiger partial charge in [-0.15, -0.1) is 0 Å². The highest BCUT2D eigenvalue weighted by atomic mass is 16.1. The SMILES string of the molecule is O=C(CCCCc1nc(-c2ccccc2)c(-c2ccccc2)[nH]1)Cc1ccccc1. The van der Waals surface area contributed by atoms with Crippen molar-refractivity contribution < 1.29 is 4.79 Å². The summed E-state index contributed by atoms with van der Waals surface area (Å²) < 4.78 is 0. The number of carbonyl (C=O) groups excluding carboxylic acids is 1. The Bertz CT molecular complexity index is 1010. The third kappa shape index (κ3) is 5.12. The van der Waals surface area contributed by atoms with E-state index in [2.05, 4.69) is 29.2 Å². The highest BCUT2D eigenvalue weighted by Gasteiger charge is 2.14. The maximum absolute atomic E-state index is 12.2. The topological polar surface area (TPSA) is 45.8 Å². The molecule has 0 fully saturated rings. The van der Waals surface area contributed by atoms with E-state index in [0.717, 1.165) is 53.2 Å². The number of hydrogen-bond acceptors (Lipinski definition) is 2. The van der Waals surface area contributed by atoms with Crippen LogP contribution in [-0.4, -0.2) is 15.8 Å². The number of nitrogens with zero attached hydrogens (tertiary/aromatic N) is 1. The first-order chi connectivity index (χ1) is 14.8. The summed E-state index contributed by atoms with van der Waals surface area (Å²) in [7, 11) is 0. The Morgan fingerprint density at radius 1 is 0.733 bits per heavy atom. The van der Waals surface area contributed by atoms with Gasteiger partial charge in [-0.2, -0.15) is 0 Å². The normalized spacial score (nSPS) is 10.8. The number of rotatable bonds is 9. The van der Waals surface area contributed by atoms with Crippen LogP contribution in [0.3, 0.4) is 0 Å². The van der Waals surface area contributed by atoms with E-state index < -0.39 is 0 Å². The molecule has 1 aromatic heterocycles. The minimum Gasteiger partial charge on any atom is -0.341 e. The number of imidazole rings is 1. The summed E-state index contributed by atoms with van der Waals surface area (Å²) in [5.41, 5.74) is 5.37. The van der Waals surface area contributed by atoms with E-state index in [4.69, 9.17) is 4.98 Å². The van der Waals surface area contributed by atoms with Crippen molar-refractivity contribution in [2.24, 2.45) is 0 Å². The molecule has 0 amide bonds. The Labute approximate surface area is 177 Å². The van der Waals surface area contributed by atoms with Crippen LogP contribution in [0, 0.1) is 0 Å². The van der Waals surface area contributed by atoms with Gasteiger partial charge in [-0.1, -0.05) is 91.0 Å². The van der Waals surface area contributed by atoms with Gasteiger partial charge in [-0.25, -0.2) is 4.98 Å². The summed E-state index contributed by atoms with van der Waals surface area (Å²) in [4.78, 5) is 20.7. The van der Waals surface area contributed by atoms with Crippen LogP contribution in [0.5, 0.6) is 0 Å². The zero-order chi connectivity index (χ0) is 20.6. The highest BCUT2D eigenvalue weighted by Crippen LogP contribution is 2.30. The first-order valence-electron chi connectivity index (χ1n) is 10.5. The molecular formula is C27H26N2O. The van der Waals surface area contributed by atoms with Gasteiger partial charge in [0.25, 0.3) is 0 Å². The minimum atomic E-state index is 0.301. The molecule has 3 nitrogen and oxygen atoms in total. The monoisotopic (exact) mass is 394 g/mol. The second-order valence-corrected chi connectivity index (χ2v) is 7.55. The Morgan fingerprint density at radius 2 is 1.33 bits per heavy atom. The molecule has 0 aliphatic heterocycles. The maximum Gasteiger partial charge on any atom is 0.137 e. The third-order valence-electron chi connectivity index (χ3n) is 5.23. The molecule has 30 heavy (non-hydrogen) atoms. The number of unbranched alkanes of at least 4 members (excludes halogenated alkanes) is 1. The number of benzene rings is 3. The molecule has 0 bridgehead atoms. The lowest BCUT2D eigenvalue weighted by molar-refractivity contribution is -0.118. The van der Waals surface area contributed by atoms with Crippen molar-refractivity contribution in [1.29, 1.82) is 0 Å². The van der Waals surface area contributed by atoms with Crippen LogP contribution in [0.1, 0.15) is 30.7 Å². The van der Waals surface area contributed by atoms with Crippen LogP contribution in [-0.2, 0) is 17.6 Å². The van der Waals surface area contributed by atoms with Crippen molar-refractivity contribution in [1.82, 2.24) is 9.97 Å². The van der Waals surface area contributed by atoms with Crippen molar-refractivity contribution in [3.05, 3.63) is 102 Å². The fourth-order valence-corrected chi connectivity index (χ4v) is 3.69. The fraction of sp³-hybridized carbons (Fsp3) is 0.185. The number of nitrogens with one attached hydrogen (secondary N) is 1. The molecule has 0 aliphatic rings. The Morgan fingerprint density at radius 3 is 2.00 bits per heavy atom. The number of H-pyrrole nitrogens is 1. The largest absolute Gasteiger partial charge is 0.341 e. The van der Waals surface area contributed by atoms with Crippen LogP contribution in [0.4, 0.5) is 0 Å². The molecule has 3 heteroatoms. The van der Waals surface area contributed by atoms with E-state index in [1.54, 1.807) is 0 Å². The predicted octanol–water partition coefficient (Wildman–Crippen LogP) is 6.27. The van der Waals surface area contributed by atoms with Crippen LogP contribution < -0.4 is 0 Å². The fourth-order valence-electron chi connectivity index (χ4n) is 3.69. The first-order valence-corrected chi connectivity index (χ1v) is 10.5. The number of carbonyl (C=O) groups is 1. The lowest BCUT2D eigenvalue weighted by Gasteiger charge is -2.02. The van der Waals surface area contributed by atoms with Gasteiger partial charge >= 0.3 is 0 Å². The summed E-state index contributed by atoms with van der Waals surface area (Å²) in [5, 5.41) is 0. The molecule has 0 spiro atoms. The minimum absolute atomic E-state index is 0.301. The van der Waals surface area contributed by atoms with Gasteiger partial charge in [-0.05, 0) is 18.4 Å². The van der Waals surface area contributed by atoms with Gasteiger partial charge in [0, 0.05) is 30.4 Å². The first kappa shape index (κ1) is 19.8. The lowest BCUT2D eigenvalue weighted by atomic mass is 10.0. The number of aromatic amines is 1. The number of ketones is 1. The summed E-state index contributed by atoms with van der Waals surface area (Å²) in [6, 6.07) is 30.6. The van der Waals surface area contributed by atoms with Gasteiger partial charge in [-0.3, -0.25) is 4.79 Å². The quantitative estimate of drug-likeness (QED) is 0.340. The molecule has 0 aliphatic carbocycles. The molecule has 1 N–H and O–H groups in total. The molecular weight excluding hydrogens is 368 g/mol. The maximum atomic E-state index is 12.2. The van der Waals surface area contributed by atoms with Gasteiger partial charge in [0.1, 0.15) is 11.6 Å². The van der Waals surface area contributed by atoms with E-state index in [9.17, 15) is 4.79 Å². The molecule has 0 radical (unpaired) electrons. The van der Waals surface area contributed by atoms with E-state index >= 15 is 0 Å².